The molecule has 112 valence electrons. The second-order valence-electron chi connectivity index (χ2n) is 4.49. The van der Waals surface area contributed by atoms with E-state index in [9.17, 15) is 14.7 Å². The first-order chi connectivity index (χ1) is 9.93. The summed E-state index contributed by atoms with van der Waals surface area (Å²) >= 11 is 5.93. The van der Waals surface area contributed by atoms with Crippen molar-refractivity contribution >= 4 is 23.6 Å². The van der Waals surface area contributed by atoms with E-state index in [0.29, 0.717) is 16.3 Å². The number of nitrogens with one attached hydrogen (secondary N) is 2. The molecule has 0 unspecified atom stereocenters. The van der Waals surface area contributed by atoms with Gasteiger partial charge in [0, 0.05) is 16.3 Å². The predicted molar refractivity (Wildman–Crippen MR) is 76.9 cm³/mol. The number of phenols is 1. The fraction of sp³-hybridized carbons (Fsp3) is 0.286. The van der Waals surface area contributed by atoms with Gasteiger partial charge in [-0.05, 0) is 32.0 Å². The molecule has 1 aromatic carbocycles. The Morgan fingerprint density at radius 2 is 2.19 bits per heavy atom. The zero-order valence-electron chi connectivity index (χ0n) is 11.6. The Bertz CT molecular complexity index is 627. The van der Waals surface area contributed by atoms with Crippen molar-refractivity contribution in [2.45, 2.75) is 19.9 Å². The van der Waals surface area contributed by atoms with E-state index in [2.05, 4.69) is 10.6 Å². The SMILES string of the molecule is CCOC(=O)C1=C(C)NC(=O)N[C@@H]1c1cc(Cl)ccc1O. The molecular formula is C14H15ClN2O4. The van der Waals surface area contributed by atoms with Crippen molar-refractivity contribution in [1.82, 2.24) is 10.6 Å². The quantitative estimate of drug-likeness (QED) is 0.747. The molecule has 0 aliphatic carbocycles. The number of rotatable bonds is 3. The van der Waals surface area contributed by atoms with Crippen LogP contribution in [0, 0.1) is 0 Å². The van der Waals surface area contributed by atoms with E-state index in [1.807, 2.05) is 0 Å². The summed E-state index contributed by atoms with van der Waals surface area (Å²) in [6, 6.07) is 3.13. The molecule has 0 spiro atoms. The Labute approximate surface area is 126 Å². The van der Waals surface area contributed by atoms with E-state index in [1.54, 1.807) is 13.8 Å². The lowest BCUT2D eigenvalue weighted by Gasteiger charge is -2.28. The van der Waals surface area contributed by atoms with E-state index in [4.69, 9.17) is 16.3 Å². The predicted octanol–water partition coefficient (Wildman–Crippen LogP) is 2.24. The number of carbonyl (C=O) groups is 2. The molecule has 1 heterocycles. The van der Waals surface area contributed by atoms with Gasteiger partial charge < -0.3 is 20.5 Å². The van der Waals surface area contributed by atoms with Crippen molar-refractivity contribution in [2.75, 3.05) is 6.61 Å². The Kier molecular flexibility index (Phi) is 4.37. The van der Waals surface area contributed by atoms with Gasteiger partial charge in [0.25, 0.3) is 0 Å². The van der Waals surface area contributed by atoms with Gasteiger partial charge in [0.2, 0.25) is 0 Å². The van der Waals surface area contributed by atoms with Gasteiger partial charge in [-0.3, -0.25) is 0 Å². The van der Waals surface area contributed by atoms with Gasteiger partial charge in [-0.2, -0.15) is 0 Å². The number of benzene rings is 1. The topological polar surface area (TPSA) is 87.7 Å². The number of phenolic OH excluding ortho intramolecular Hbond substituents is 1. The molecule has 1 aliphatic heterocycles. The van der Waals surface area contributed by atoms with E-state index >= 15 is 0 Å². The minimum atomic E-state index is -0.823. The molecule has 0 bridgehead atoms. The molecule has 3 N–H and O–H groups in total. The largest absolute Gasteiger partial charge is 0.508 e. The van der Waals surface area contributed by atoms with Crippen LogP contribution in [0.1, 0.15) is 25.5 Å². The number of ether oxygens (including phenoxy) is 1. The monoisotopic (exact) mass is 310 g/mol. The lowest BCUT2D eigenvalue weighted by molar-refractivity contribution is -0.139. The summed E-state index contributed by atoms with van der Waals surface area (Å²) in [6.07, 6.45) is 0. The molecule has 0 fully saturated rings. The van der Waals surface area contributed by atoms with Crippen molar-refractivity contribution in [3.05, 3.63) is 40.1 Å². The third-order valence-corrected chi connectivity index (χ3v) is 3.30. The number of esters is 1. The molecule has 21 heavy (non-hydrogen) atoms. The minimum absolute atomic E-state index is 0.0683. The lowest BCUT2D eigenvalue weighted by Crippen LogP contribution is -2.45. The van der Waals surface area contributed by atoms with Crippen LogP contribution in [0.2, 0.25) is 5.02 Å². The first-order valence-corrected chi connectivity index (χ1v) is 6.75. The normalized spacial score (nSPS) is 18.0. The third-order valence-electron chi connectivity index (χ3n) is 3.07. The number of urea groups is 1. The molecule has 0 radical (unpaired) electrons. The van der Waals surface area contributed by atoms with Gasteiger partial charge in [0.15, 0.2) is 0 Å². The molecular weight excluding hydrogens is 296 g/mol. The van der Waals surface area contributed by atoms with Gasteiger partial charge >= 0.3 is 12.0 Å². The second-order valence-corrected chi connectivity index (χ2v) is 4.93. The highest BCUT2D eigenvalue weighted by Crippen LogP contribution is 2.34. The molecule has 0 saturated heterocycles. The second kappa shape index (κ2) is 6.05. The van der Waals surface area contributed by atoms with Crippen LogP contribution in [-0.2, 0) is 9.53 Å². The Morgan fingerprint density at radius 3 is 2.86 bits per heavy atom. The van der Waals surface area contributed by atoms with Gasteiger partial charge in [-0.25, -0.2) is 9.59 Å². The first kappa shape index (κ1) is 15.2. The number of hydrogen-bond donors (Lipinski definition) is 3. The van der Waals surface area contributed by atoms with Crippen molar-refractivity contribution in [3.63, 3.8) is 0 Å². The summed E-state index contributed by atoms with van der Waals surface area (Å²) in [5.41, 5.74) is 0.940. The van der Waals surface area contributed by atoms with Crippen molar-refractivity contribution < 1.29 is 19.4 Å². The molecule has 0 saturated carbocycles. The van der Waals surface area contributed by atoms with Gasteiger partial charge in [0.05, 0.1) is 18.2 Å². The minimum Gasteiger partial charge on any atom is -0.508 e. The highest BCUT2D eigenvalue weighted by atomic mass is 35.5. The van der Waals surface area contributed by atoms with Crippen molar-refractivity contribution in [2.24, 2.45) is 0 Å². The molecule has 2 amide bonds. The summed E-state index contributed by atoms with van der Waals surface area (Å²) in [7, 11) is 0. The van der Waals surface area contributed by atoms with Crippen LogP contribution in [0.25, 0.3) is 0 Å². The van der Waals surface area contributed by atoms with Gasteiger partial charge in [-0.1, -0.05) is 11.6 Å². The number of carbonyl (C=O) groups excluding carboxylic acids is 2. The molecule has 1 aromatic rings. The maximum Gasteiger partial charge on any atom is 0.338 e. The lowest BCUT2D eigenvalue weighted by atomic mass is 9.95. The summed E-state index contributed by atoms with van der Waals surface area (Å²) in [6.45, 7) is 3.49. The van der Waals surface area contributed by atoms with Crippen LogP contribution in [0.15, 0.2) is 29.5 Å². The molecule has 0 aromatic heterocycles. The van der Waals surface area contributed by atoms with Crippen LogP contribution >= 0.6 is 11.6 Å². The van der Waals surface area contributed by atoms with Gasteiger partial charge in [-0.15, -0.1) is 0 Å². The van der Waals surface area contributed by atoms with Crippen LogP contribution in [0.3, 0.4) is 0 Å². The van der Waals surface area contributed by atoms with E-state index in [-0.39, 0.29) is 17.9 Å². The van der Waals surface area contributed by atoms with Gasteiger partial charge in [0.1, 0.15) is 5.75 Å². The smallest absolute Gasteiger partial charge is 0.338 e. The maximum absolute atomic E-state index is 12.1. The average molecular weight is 311 g/mol. The first-order valence-electron chi connectivity index (χ1n) is 6.37. The highest BCUT2D eigenvalue weighted by molar-refractivity contribution is 6.30. The van der Waals surface area contributed by atoms with Crippen LogP contribution in [0.4, 0.5) is 4.79 Å². The molecule has 6 nitrogen and oxygen atoms in total. The van der Waals surface area contributed by atoms with Crippen LogP contribution in [0.5, 0.6) is 5.75 Å². The van der Waals surface area contributed by atoms with Crippen LogP contribution in [-0.4, -0.2) is 23.7 Å². The van der Waals surface area contributed by atoms with Crippen LogP contribution < -0.4 is 10.6 Å². The molecule has 7 heteroatoms. The fourth-order valence-corrected chi connectivity index (χ4v) is 2.34. The standard InChI is InChI=1S/C14H15ClN2O4/c1-3-21-13(19)11-7(2)16-14(20)17-12(11)9-6-8(15)4-5-10(9)18/h4-6,12,18H,3H2,1-2H3,(H2,16,17,20)/t12-/m1/s1. The molecule has 1 aliphatic rings. The van der Waals surface area contributed by atoms with Crippen molar-refractivity contribution in [3.8, 4) is 5.75 Å². The highest BCUT2D eigenvalue weighted by Gasteiger charge is 2.33. The summed E-state index contributed by atoms with van der Waals surface area (Å²) in [4.78, 5) is 23.8. The number of allylic oxidation sites excluding steroid dienone is 1. The number of amides is 2. The Balaban J connectivity index is 2.52. The number of aromatic hydroxyl groups is 1. The molecule has 2 rings (SSSR count). The molecule has 1 atom stereocenters. The summed E-state index contributed by atoms with van der Waals surface area (Å²) in [5, 5.41) is 15.5. The zero-order valence-corrected chi connectivity index (χ0v) is 12.3. The third kappa shape index (κ3) is 3.11. The van der Waals surface area contributed by atoms with Crippen molar-refractivity contribution in [1.29, 1.82) is 0 Å². The fourth-order valence-electron chi connectivity index (χ4n) is 2.16. The average Bonchev–Trinajstić information content (AvgIpc) is 2.40. The summed E-state index contributed by atoms with van der Waals surface area (Å²) < 4.78 is 5.01. The Hall–Kier alpha value is -2.21. The number of hydrogen-bond acceptors (Lipinski definition) is 4. The number of halogens is 1. The summed E-state index contributed by atoms with van der Waals surface area (Å²) in [5.74, 6) is -0.631. The maximum atomic E-state index is 12.1. The zero-order chi connectivity index (χ0) is 15.6. The van der Waals surface area contributed by atoms with E-state index < -0.39 is 18.0 Å². The van der Waals surface area contributed by atoms with E-state index in [0.717, 1.165) is 0 Å². The van der Waals surface area contributed by atoms with E-state index in [1.165, 1.54) is 18.2 Å². The Morgan fingerprint density at radius 1 is 1.48 bits per heavy atom.